The molecule has 0 aromatic heterocycles. The summed E-state index contributed by atoms with van der Waals surface area (Å²) < 4.78 is 22.7. The lowest BCUT2D eigenvalue weighted by Gasteiger charge is -2.53. The van der Waals surface area contributed by atoms with E-state index >= 15 is 0 Å². The van der Waals surface area contributed by atoms with Crippen molar-refractivity contribution in [1.29, 1.82) is 0 Å². The first-order valence-corrected chi connectivity index (χ1v) is 15.5. The van der Waals surface area contributed by atoms with Crippen LogP contribution in [0.3, 0.4) is 0 Å². The molecule has 0 spiro atoms. The number of aliphatic hydroxyl groups is 2. The van der Waals surface area contributed by atoms with E-state index in [2.05, 4.69) is 33.0 Å². The topological polar surface area (TPSA) is 124 Å². The Balaban J connectivity index is 1.89. The molecule has 1 aromatic rings. The summed E-state index contributed by atoms with van der Waals surface area (Å²) in [5, 5.41) is 26.9. The highest BCUT2D eigenvalue weighted by atomic mass is 16.6. The summed E-state index contributed by atoms with van der Waals surface area (Å²) in [4.78, 5) is 25.5. The number of esters is 1. The minimum atomic E-state index is -1.44. The highest BCUT2D eigenvalue weighted by Crippen LogP contribution is 2.57. The van der Waals surface area contributed by atoms with E-state index in [1.54, 1.807) is 45.4 Å². The summed E-state index contributed by atoms with van der Waals surface area (Å²) in [5.41, 5.74) is -2.58. The minimum absolute atomic E-state index is 0.00999. The number of hydrogen-bond donors (Lipinski definition) is 3. The summed E-state index contributed by atoms with van der Waals surface area (Å²) >= 11 is 0. The van der Waals surface area contributed by atoms with Crippen LogP contribution in [0.25, 0.3) is 0 Å². The molecule has 9 nitrogen and oxygen atoms in total. The van der Waals surface area contributed by atoms with Gasteiger partial charge in [0.05, 0.1) is 35.7 Å². The van der Waals surface area contributed by atoms with Gasteiger partial charge in [0.2, 0.25) is 0 Å². The highest BCUT2D eigenvalue weighted by molar-refractivity contribution is 5.99. The average Bonchev–Trinajstić information content (AvgIpc) is 3.17. The molecule has 3 N–H and O–H groups in total. The van der Waals surface area contributed by atoms with Crippen molar-refractivity contribution < 1.29 is 38.7 Å². The van der Waals surface area contributed by atoms with Gasteiger partial charge in [-0.25, -0.2) is 9.59 Å². The molecule has 42 heavy (non-hydrogen) atoms. The molecule has 0 heterocycles. The Kier molecular flexibility index (Phi) is 11.1. The summed E-state index contributed by atoms with van der Waals surface area (Å²) in [6, 6.07) is 6.68. The smallest absolute Gasteiger partial charge is 0.411 e. The Morgan fingerprint density at radius 3 is 2.38 bits per heavy atom. The second kappa shape index (κ2) is 13.6. The van der Waals surface area contributed by atoms with Crippen molar-refractivity contribution in [1.82, 2.24) is 0 Å². The molecule has 9 heteroatoms. The first kappa shape index (κ1) is 34.3. The zero-order valence-corrected chi connectivity index (χ0v) is 26.9. The van der Waals surface area contributed by atoms with Crippen molar-refractivity contribution in [2.75, 3.05) is 26.1 Å². The molecule has 0 aliphatic heterocycles. The van der Waals surface area contributed by atoms with Crippen molar-refractivity contribution in [3.05, 3.63) is 29.8 Å². The first-order valence-electron chi connectivity index (χ1n) is 15.5. The van der Waals surface area contributed by atoms with Gasteiger partial charge in [-0.05, 0) is 62.5 Å². The lowest BCUT2D eigenvalue weighted by atomic mass is 9.61. The third-order valence-electron chi connectivity index (χ3n) is 10.7. The van der Waals surface area contributed by atoms with Gasteiger partial charge in [0.1, 0.15) is 11.7 Å². The Labute approximate surface area is 251 Å². The van der Waals surface area contributed by atoms with Crippen molar-refractivity contribution in [2.24, 2.45) is 29.1 Å². The van der Waals surface area contributed by atoms with Crippen molar-refractivity contribution in [2.45, 2.75) is 110 Å². The van der Waals surface area contributed by atoms with Crippen molar-refractivity contribution in [3.8, 4) is 0 Å². The molecule has 3 rings (SSSR count). The zero-order valence-electron chi connectivity index (χ0n) is 26.9. The number of methoxy groups -OCH3 is 2. The SMILES string of the molecule is CCOC(=O)Nc1ccccc1C(=O)O[C@@H](C)C(CC[C@@]1(O)C[C@H](OC)C2CC(C)[C@]1(O)[C@H]2OC)C(C)(C)[C@@H](C)CC. The van der Waals surface area contributed by atoms with Gasteiger partial charge in [-0.2, -0.15) is 0 Å². The van der Waals surface area contributed by atoms with Crippen LogP contribution in [0.5, 0.6) is 0 Å². The Morgan fingerprint density at radius 2 is 1.79 bits per heavy atom. The normalized spacial score (nSPS) is 31.2. The number of hydrogen-bond acceptors (Lipinski definition) is 8. The maximum atomic E-state index is 13.5. The molecule has 2 fully saturated rings. The standard InChI is InChI=1S/C33H53NO8/c1-10-20(3)31(6,7)25(22(5)42-29(35)23-14-12-13-15-26(23)34-30(36)41-11-2)16-17-32(37)19-27(39-8)24-18-21(4)33(32,38)28(24)40-9/h12-15,20-22,24-25,27-28,37-38H,10-11,16-19H2,1-9H3,(H,34,36)/t20-,21?,22-,24?,25?,27-,28-,32+,33-/m0/s1. The molecule has 2 aliphatic rings. The number of ether oxygens (including phenoxy) is 4. The van der Waals surface area contributed by atoms with Crippen LogP contribution in [0, 0.1) is 29.1 Å². The average molecular weight is 592 g/mol. The predicted molar refractivity (Wildman–Crippen MR) is 161 cm³/mol. The van der Waals surface area contributed by atoms with Gasteiger partial charge in [-0.3, -0.25) is 5.32 Å². The third-order valence-corrected chi connectivity index (χ3v) is 10.7. The zero-order chi connectivity index (χ0) is 31.5. The predicted octanol–water partition coefficient (Wildman–Crippen LogP) is 5.82. The number of carbonyl (C=O) groups excluding carboxylic acids is 2. The molecule has 1 aromatic carbocycles. The monoisotopic (exact) mass is 591 g/mol. The molecule has 3 unspecified atom stereocenters. The summed E-state index contributed by atoms with van der Waals surface area (Å²) in [5.74, 6) is -0.571. The number of carbonyl (C=O) groups is 2. The molecule has 2 bridgehead atoms. The van der Waals surface area contributed by atoms with E-state index < -0.39 is 35.5 Å². The fraction of sp³-hybridized carbons (Fsp3) is 0.758. The number of amides is 1. The van der Waals surface area contributed by atoms with Crippen LogP contribution in [0.2, 0.25) is 0 Å². The van der Waals surface area contributed by atoms with E-state index in [1.165, 1.54) is 0 Å². The van der Waals surface area contributed by atoms with Crippen LogP contribution in [0.4, 0.5) is 10.5 Å². The number of rotatable bonds is 13. The van der Waals surface area contributed by atoms with Gasteiger partial charge in [0.15, 0.2) is 0 Å². The molecule has 238 valence electrons. The van der Waals surface area contributed by atoms with Crippen molar-refractivity contribution in [3.63, 3.8) is 0 Å². The van der Waals surface area contributed by atoms with E-state index in [-0.39, 0.29) is 41.4 Å². The van der Waals surface area contributed by atoms with Gasteiger partial charge >= 0.3 is 12.1 Å². The van der Waals surface area contributed by atoms with Gasteiger partial charge in [-0.15, -0.1) is 0 Å². The van der Waals surface area contributed by atoms with Crippen LogP contribution in [0.15, 0.2) is 24.3 Å². The van der Waals surface area contributed by atoms with E-state index in [9.17, 15) is 19.8 Å². The highest BCUT2D eigenvalue weighted by Gasteiger charge is 2.69. The van der Waals surface area contributed by atoms with Crippen LogP contribution < -0.4 is 5.32 Å². The molecule has 0 saturated heterocycles. The van der Waals surface area contributed by atoms with E-state index in [0.717, 1.165) is 6.42 Å². The van der Waals surface area contributed by atoms with Crippen LogP contribution in [-0.2, 0) is 18.9 Å². The molecular formula is C33H53NO8. The second-order valence-electron chi connectivity index (χ2n) is 13.1. The Hall–Kier alpha value is -2.20. The summed E-state index contributed by atoms with van der Waals surface area (Å²) in [6.45, 7) is 14.5. The number of fused-ring (bicyclic) bond motifs is 2. The third kappa shape index (κ3) is 6.35. The lowest BCUT2D eigenvalue weighted by molar-refractivity contribution is -0.260. The van der Waals surface area contributed by atoms with E-state index in [4.69, 9.17) is 18.9 Å². The molecular weight excluding hydrogens is 538 g/mol. The maximum Gasteiger partial charge on any atom is 0.411 e. The second-order valence-corrected chi connectivity index (χ2v) is 13.1. The summed E-state index contributed by atoms with van der Waals surface area (Å²) in [7, 11) is 3.24. The van der Waals surface area contributed by atoms with Crippen LogP contribution >= 0.6 is 0 Å². The van der Waals surface area contributed by atoms with E-state index in [1.807, 2.05) is 13.8 Å². The quantitative estimate of drug-likeness (QED) is 0.245. The fourth-order valence-electron chi connectivity index (χ4n) is 7.81. The van der Waals surface area contributed by atoms with Gasteiger partial charge in [0, 0.05) is 32.5 Å². The molecule has 9 atom stereocenters. The first-order chi connectivity index (χ1) is 19.7. The fourth-order valence-corrected chi connectivity index (χ4v) is 7.81. The minimum Gasteiger partial charge on any atom is -0.459 e. The molecule has 2 aliphatic carbocycles. The van der Waals surface area contributed by atoms with Gasteiger partial charge in [-0.1, -0.05) is 53.2 Å². The largest absolute Gasteiger partial charge is 0.459 e. The molecule has 1 amide bonds. The Morgan fingerprint density at radius 1 is 1.12 bits per heavy atom. The number of anilines is 1. The maximum absolute atomic E-state index is 13.5. The lowest BCUT2D eigenvalue weighted by Crippen LogP contribution is -2.68. The number of para-hydroxylation sites is 1. The van der Waals surface area contributed by atoms with Gasteiger partial charge in [0.25, 0.3) is 0 Å². The van der Waals surface area contributed by atoms with Crippen molar-refractivity contribution >= 4 is 17.7 Å². The Bertz CT molecular complexity index is 1080. The number of benzene rings is 1. The molecule has 2 saturated carbocycles. The number of nitrogens with one attached hydrogen (secondary N) is 1. The van der Waals surface area contributed by atoms with E-state index in [0.29, 0.717) is 37.3 Å². The van der Waals surface area contributed by atoms with Crippen LogP contribution in [0.1, 0.15) is 90.9 Å². The molecule has 0 radical (unpaired) electrons. The van der Waals surface area contributed by atoms with Crippen LogP contribution in [-0.4, -0.2) is 72.6 Å². The van der Waals surface area contributed by atoms with Gasteiger partial charge < -0.3 is 29.2 Å². The summed E-state index contributed by atoms with van der Waals surface area (Å²) in [6.07, 6.45) is 0.834.